The Hall–Kier alpha value is -1.68. The van der Waals surface area contributed by atoms with E-state index in [4.69, 9.17) is 5.11 Å². The third-order valence-electron chi connectivity index (χ3n) is 3.32. The summed E-state index contributed by atoms with van der Waals surface area (Å²) in [7, 11) is 0. The Morgan fingerprint density at radius 3 is 2.67 bits per heavy atom. The number of hydrogen-bond acceptors (Lipinski definition) is 3. The second-order valence-electron chi connectivity index (χ2n) is 4.53. The lowest BCUT2D eigenvalue weighted by molar-refractivity contribution is -0.131. The first-order valence-electron chi connectivity index (χ1n) is 6.21. The van der Waals surface area contributed by atoms with Crippen molar-refractivity contribution in [3.63, 3.8) is 0 Å². The van der Waals surface area contributed by atoms with Crippen LogP contribution in [0.25, 0.3) is 0 Å². The van der Waals surface area contributed by atoms with Crippen molar-refractivity contribution in [3.05, 3.63) is 35.9 Å². The summed E-state index contributed by atoms with van der Waals surface area (Å²) >= 11 is 0. The largest absolute Gasteiger partial charge is 0.394 e. The van der Waals surface area contributed by atoms with Crippen molar-refractivity contribution in [3.8, 4) is 0 Å². The van der Waals surface area contributed by atoms with Crippen molar-refractivity contribution in [2.45, 2.75) is 25.3 Å². The number of benzene rings is 1. The van der Waals surface area contributed by atoms with Crippen LogP contribution in [0.4, 0.5) is 0 Å². The molecule has 2 rings (SSSR count). The summed E-state index contributed by atoms with van der Waals surface area (Å²) in [6.45, 7) is 0.622. The van der Waals surface area contributed by atoms with E-state index < -0.39 is 0 Å². The fraction of sp³-hybridized carbons (Fsp3) is 0.429. The molecule has 1 aromatic carbocycles. The van der Waals surface area contributed by atoms with Gasteiger partial charge in [0.05, 0.1) is 19.1 Å². The number of aliphatic hydroxyl groups excluding tert-OH is 1. The fourth-order valence-corrected chi connectivity index (χ4v) is 2.32. The Morgan fingerprint density at radius 2 is 2.00 bits per heavy atom. The highest BCUT2D eigenvalue weighted by atomic mass is 16.3. The molecule has 0 aromatic heterocycles. The second kappa shape index (κ2) is 5.78. The van der Waals surface area contributed by atoms with E-state index in [1.165, 1.54) is 0 Å². The number of amides is 1. The van der Waals surface area contributed by atoms with Gasteiger partial charge in [-0.25, -0.2) is 0 Å². The zero-order valence-corrected chi connectivity index (χ0v) is 10.2. The van der Waals surface area contributed by atoms with E-state index in [9.17, 15) is 9.59 Å². The summed E-state index contributed by atoms with van der Waals surface area (Å²) in [4.78, 5) is 25.5. The quantitative estimate of drug-likeness (QED) is 0.643. The van der Waals surface area contributed by atoms with Gasteiger partial charge in [0.25, 0.3) is 0 Å². The highest BCUT2D eigenvalue weighted by molar-refractivity contribution is 6.07. The number of carbonyl (C=O) groups is 2. The van der Waals surface area contributed by atoms with Crippen LogP contribution in [0.3, 0.4) is 0 Å². The van der Waals surface area contributed by atoms with Gasteiger partial charge in [0.15, 0.2) is 5.78 Å². The molecule has 0 radical (unpaired) electrons. The number of carbonyl (C=O) groups excluding carboxylic acids is 2. The maximum Gasteiger partial charge on any atom is 0.230 e. The Kier molecular flexibility index (Phi) is 4.10. The Bertz CT molecular complexity index is 430. The van der Waals surface area contributed by atoms with Gasteiger partial charge in [-0.2, -0.15) is 0 Å². The molecule has 18 heavy (non-hydrogen) atoms. The van der Waals surface area contributed by atoms with Crippen LogP contribution in [0.1, 0.15) is 29.6 Å². The van der Waals surface area contributed by atoms with Crippen LogP contribution in [0.15, 0.2) is 30.3 Å². The van der Waals surface area contributed by atoms with Gasteiger partial charge in [-0.05, 0) is 12.8 Å². The highest BCUT2D eigenvalue weighted by Crippen LogP contribution is 2.18. The van der Waals surface area contributed by atoms with Crippen LogP contribution in [0.5, 0.6) is 0 Å². The third kappa shape index (κ3) is 2.76. The molecule has 1 saturated heterocycles. The minimum Gasteiger partial charge on any atom is -0.394 e. The van der Waals surface area contributed by atoms with Gasteiger partial charge in [0.1, 0.15) is 0 Å². The topological polar surface area (TPSA) is 57.6 Å². The molecule has 4 heteroatoms. The van der Waals surface area contributed by atoms with Crippen molar-refractivity contribution >= 4 is 11.7 Å². The molecule has 1 aromatic rings. The molecular formula is C14H17NO3. The predicted molar refractivity (Wildman–Crippen MR) is 67.2 cm³/mol. The van der Waals surface area contributed by atoms with Crippen LogP contribution in [0.2, 0.25) is 0 Å². The lowest BCUT2D eigenvalue weighted by Gasteiger charge is -2.22. The third-order valence-corrected chi connectivity index (χ3v) is 3.32. The number of rotatable bonds is 4. The molecule has 1 N–H and O–H groups in total. The van der Waals surface area contributed by atoms with E-state index in [-0.39, 0.29) is 30.8 Å². The average Bonchev–Trinajstić information content (AvgIpc) is 2.88. The first-order chi connectivity index (χ1) is 8.72. The number of aliphatic hydroxyl groups is 1. The Labute approximate surface area is 106 Å². The minimum absolute atomic E-state index is 0.0226. The van der Waals surface area contributed by atoms with Crippen LogP contribution in [-0.2, 0) is 4.79 Å². The maximum atomic E-state index is 12.0. The van der Waals surface area contributed by atoms with Gasteiger partial charge in [0.2, 0.25) is 5.91 Å². The van der Waals surface area contributed by atoms with Crippen LogP contribution < -0.4 is 0 Å². The monoisotopic (exact) mass is 247 g/mol. The summed E-state index contributed by atoms with van der Waals surface area (Å²) in [5, 5.41) is 9.16. The first kappa shape index (κ1) is 12.8. The zero-order valence-electron chi connectivity index (χ0n) is 10.2. The number of hydrogen-bond donors (Lipinski definition) is 1. The van der Waals surface area contributed by atoms with E-state index in [1.54, 1.807) is 29.2 Å². The number of likely N-dealkylation sites (tertiary alicyclic amines) is 1. The summed E-state index contributed by atoms with van der Waals surface area (Å²) in [6.07, 6.45) is 1.61. The van der Waals surface area contributed by atoms with E-state index in [1.807, 2.05) is 6.07 Å². The smallest absolute Gasteiger partial charge is 0.230 e. The minimum atomic E-state index is -0.180. The summed E-state index contributed by atoms with van der Waals surface area (Å²) in [6, 6.07) is 8.71. The molecule has 0 aliphatic carbocycles. The molecule has 1 heterocycles. The van der Waals surface area contributed by atoms with Gasteiger partial charge >= 0.3 is 0 Å². The normalized spacial score (nSPS) is 18.9. The van der Waals surface area contributed by atoms with Gasteiger partial charge in [-0.15, -0.1) is 0 Å². The predicted octanol–water partition coefficient (Wildman–Crippen LogP) is 1.24. The fourth-order valence-electron chi connectivity index (χ4n) is 2.32. The van der Waals surface area contributed by atoms with Crippen molar-refractivity contribution in [2.75, 3.05) is 13.2 Å². The lowest BCUT2D eigenvalue weighted by Crippen LogP contribution is -2.38. The molecular weight excluding hydrogens is 230 g/mol. The van der Waals surface area contributed by atoms with Gasteiger partial charge in [-0.1, -0.05) is 30.3 Å². The summed E-state index contributed by atoms with van der Waals surface area (Å²) in [5.74, 6) is -0.343. The standard InChI is InChI=1S/C14H17NO3/c16-10-12-7-4-8-15(12)14(18)9-13(17)11-5-2-1-3-6-11/h1-3,5-6,12,16H,4,7-10H2. The maximum absolute atomic E-state index is 12.0. The molecule has 1 unspecified atom stereocenters. The summed E-state index contributed by atoms with van der Waals surface area (Å²) in [5.41, 5.74) is 0.561. The van der Waals surface area contributed by atoms with Crippen molar-refractivity contribution in [2.24, 2.45) is 0 Å². The molecule has 0 saturated carbocycles. The molecule has 0 bridgehead atoms. The highest BCUT2D eigenvalue weighted by Gasteiger charge is 2.29. The number of nitrogens with zero attached hydrogens (tertiary/aromatic N) is 1. The second-order valence-corrected chi connectivity index (χ2v) is 4.53. The molecule has 1 aliphatic heterocycles. The van der Waals surface area contributed by atoms with Crippen molar-refractivity contribution in [1.82, 2.24) is 4.90 Å². The van der Waals surface area contributed by atoms with E-state index in [0.29, 0.717) is 12.1 Å². The zero-order chi connectivity index (χ0) is 13.0. The van der Waals surface area contributed by atoms with E-state index in [2.05, 4.69) is 0 Å². The van der Waals surface area contributed by atoms with Gasteiger partial charge in [0, 0.05) is 12.1 Å². The molecule has 0 spiro atoms. The molecule has 1 amide bonds. The van der Waals surface area contributed by atoms with Crippen LogP contribution in [-0.4, -0.2) is 40.9 Å². The van der Waals surface area contributed by atoms with Gasteiger partial charge < -0.3 is 10.0 Å². The van der Waals surface area contributed by atoms with Gasteiger partial charge in [-0.3, -0.25) is 9.59 Å². The molecule has 1 aliphatic rings. The molecule has 1 fully saturated rings. The number of ketones is 1. The van der Waals surface area contributed by atoms with Crippen molar-refractivity contribution < 1.29 is 14.7 Å². The molecule has 4 nitrogen and oxygen atoms in total. The average molecular weight is 247 g/mol. The van der Waals surface area contributed by atoms with Crippen molar-refractivity contribution in [1.29, 1.82) is 0 Å². The Balaban J connectivity index is 1.97. The Morgan fingerprint density at radius 1 is 1.28 bits per heavy atom. The number of Topliss-reactive ketones (excluding diaryl/α,β-unsaturated/α-hetero) is 1. The van der Waals surface area contributed by atoms with E-state index in [0.717, 1.165) is 12.8 Å². The lowest BCUT2D eigenvalue weighted by atomic mass is 10.1. The first-order valence-corrected chi connectivity index (χ1v) is 6.21. The van der Waals surface area contributed by atoms with Crippen LogP contribution >= 0.6 is 0 Å². The van der Waals surface area contributed by atoms with Crippen LogP contribution in [0, 0.1) is 0 Å². The molecule has 1 atom stereocenters. The molecule has 96 valence electrons. The van der Waals surface area contributed by atoms with E-state index >= 15 is 0 Å². The SMILES string of the molecule is O=C(CC(=O)N1CCCC1CO)c1ccccc1. The summed E-state index contributed by atoms with van der Waals surface area (Å²) < 4.78 is 0.